The number of carbonyl (C=O) groups is 1. The van der Waals surface area contributed by atoms with Gasteiger partial charge in [-0.3, -0.25) is 4.90 Å². The molecule has 0 bridgehead atoms. The Balaban J connectivity index is 1.58. The van der Waals surface area contributed by atoms with Crippen molar-refractivity contribution in [2.45, 2.75) is 18.9 Å². The molecule has 1 saturated heterocycles. The molecule has 0 spiro atoms. The van der Waals surface area contributed by atoms with Crippen LogP contribution in [0.1, 0.15) is 18.9 Å². The molecule has 1 atom stereocenters. The van der Waals surface area contributed by atoms with E-state index >= 15 is 0 Å². The summed E-state index contributed by atoms with van der Waals surface area (Å²) in [6, 6.07) is 25.6. The van der Waals surface area contributed by atoms with E-state index in [2.05, 4.69) is 12.1 Å². The summed E-state index contributed by atoms with van der Waals surface area (Å²) >= 11 is 6.11. The molecular weight excluding hydrogens is 358 g/mol. The van der Waals surface area contributed by atoms with Crippen molar-refractivity contribution in [2.75, 3.05) is 11.4 Å². The Morgan fingerprint density at radius 3 is 2.41 bits per heavy atom. The molecule has 1 amide bonds. The Bertz CT molecular complexity index is 973. The van der Waals surface area contributed by atoms with Crippen molar-refractivity contribution >= 4 is 23.4 Å². The van der Waals surface area contributed by atoms with Crippen LogP contribution in [0.3, 0.4) is 0 Å². The first-order valence-corrected chi connectivity index (χ1v) is 9.35. The van der Waals surface area contributed by atoms with E-state index in [1.807, 2.05) is 73.7 Å². The molecule has 27 heavy (non-hydrogen) atoms. The number of cyclic esters (lactones) is 1. The highest BCUT2D eigenvalue weighted by Crippen LogP contribution is 2.37. The minimum atomic E-state index is -0.671. The van der Waals surface area contributed by atoms with Crippen LogP contribution >= 0.6 is 11.6 Å². The van der Waals surface area contributed by atoms with E-state index in [4.69, 9.17) is 16.3 Å². The number of hydrogen-bond donors (Lipinski definition) is 0. The van der Waals surface area contributed by atoms with Crippen LogP contribution < -0.4 is 4.90 Å². The Hall–Kier alpha value is -2.78. The molecule has 0 aromatic heterocycles. The second kappa shape index (κ2) is 7.09. The lowest BCUT2D eigenvalue weighted by Gasteiger charge is -2.39. The van der Waals surface area contributed by atoms with E-state index in [-0.39, 0.29) is 6.09 Å². The van der Waals surface area contributed by atoms with Crippen LogP contribution in [0.25, 0.3) is 11.1 Å². The summed E-state index contributed by atoms with van der Waals surface area (Å²) < 4.78 is 5.86. The lowest BCUT2D eigenvalue weighted by molar-refractivity contribution is 0.00583. The molecule has 1 heterocycles. The van der Waals surface area contributed by atoms with E-state index in [9.17, 15) is 4.79 Å². The fourth-order valence-corrected chi connectivity index (χ4v) is 3.64. The number of amides is 1. The van der Waals surface area contributed by atoms with Gasteiger partial charge in [0.1, 0.15) is 5.60 Å². The summed E-state index contributed by atoms with van der Waals surface area (Å²) in [5, 5.41) is 0.641. The molecule has 3 aromatic carbocycles. The number of halogens is 1. The highest BCUT2D eigenvalue weighted by molar-refractivity contribution is 6.30. The highest BCUT2D eigenvalue weighted by atomic mass is 35.5. The van der Waals surface area contributed by atoms with Gasteiger partial charge < -0.3 is 4.74 Å². The van der Waals surface area contributed by atoms with Crippen LogP contribution in [0.2, 0.25) is 5.02 Å². The number of rotatable bonds is 3. The molecule has 136 valence electrons. The first-order chi connectivity index (χ1) is 13.0. The van der Waals surface area contributed by atoms with Gasteiger partial charge in [0.2, 0.25) is 0 Å². The molecule has 3 aromatic rings. The van der Waals surface area contributed by atoms with Crippen LogP contribution in [0.4, 0.5) is 10.5 Å². The maximum absolute atomic E-state index is 12.8. The molecule has 1 aliphatic heterocycles. The molecule has 0 aliphatic carbocycles. The lowest BCUT2D eigenvalue weighted by Crippen LogP contribution is -2.46. The van der Waals surface area contributed by atoms with Crippen molar-refractivity contribution in [3.8, 4) is 11.1 Å². The van der Waals surface area contributed by atoms with Gasteiger partial charge in [0.25, 0.3) is 0 Å². The number of hydrogen-bond acceptors (Lipinski definition) is 2. The zero-order valence-corrected chi connectivity index (χ0v) is 15.8. The molecule has 4 heteroatoms. The number of benzene rings is 3. The predicted molar refractivity (Wildman–Crippen MR) is 109 cm³/mol. The van der Waals surface area contributed by atoms with Gasteiger partial charge in [0.15, 0.2) is 0 Å². The maximum Gasteiger partial charge on any atom is 0.415 e. The lowest BCUT2D eigenvalue weighted by atomic mass is 9.91. The SMILES string of the molecule is C[C@]1(c2cccc(Cl)c2)CCN(c2cccc(-c3ccccc3)c2)C(=O)O1. The van der Waals surface area contributed by atoms with Gasteiger partial charge >= 0.3 is 6.09 Å². The normalized spacial score (nSPS) is 19.6. The van der Waals surface area contributed by atoms with Gasteiger partial charge in [-0.05, 0) is 47.9 Å². The summed E-state index contributed by atoms with van der Waals surface area (Å²) in [5.74, 6) is 0. The number of anilines is 1. The van der Waals surface area contributed by atoms with Crippen molar-refractivity contribution in [3.63, 3.8) is 0 Å². The van der Waals surface area contributed by atoms with Crippen molar-refractivity contribution in [2.24, 2.45) is 0 Å². The van der Waals surface area contributed by atoms with E-state index in [1.165, 1.54) is 0 Å². The topological polar surface area (TPSA) is 29.5 Å². The molecule has 1 fully saturated rings. The zero-order valence-electron chi connectivity index (χ0n) is 15.1. The van der Waals surface area contributed by atoms with Crippen LogP contribution in [-0.4, -0.2) is 12.6 Å². The van der Waals surface area contributed by atoms with E-state index in [0.29, 0.717) is 18.0 Å². The standard InChI is InChI=1S/C23H20ClNO2/c1-23(19-10-6-11-20(24)16-19)13-14-25(22(26)27-23)21-12-5-9-18(15-21)17-7-3-2-4-8-17/h2-12,15-16H,13-14H2,1H3/t23-/m1/s1. The molecule has 0 unspecified atom stereocenters. The largest absolute Gasteiger partial charge is 0.438 e. The third kappa shape index (κ3) is 3.56. The quantitative estimate of drug-likeness (QED) is 0.538. The van der Waals surface area contributed by atoms with Crippen molar-refractivity contribution < 1.29 is 9.53 Å². The number of ether oxygens (including phenoxy) is 1. The Morgan fingerprint density at radius 1 is 0.926 bits per heavy atom. The average Bonchev–Trinajstić information content (AvgIpc) is 2.69. The van der Waals surface area contributed by atoms with Gasteiger partial charge in [0.05, 0.1) is 0 Å². The second-order valence-electron chi connectivity index (χ2n) is 6.93. The van der Waals surface area contributed by atoms with Crippen molar-refractivity contribution in [1.82, 2.24) is 0 Å². The van der Waals surface area contributed by atoms with Gasteiger partial charge in [-0.15, -0.1) is 0 Å². The van der Waals surface area contributed by atoms with Crippen molar-refractivity contribution in [3.05, 3.63) is 89.4 Å². The predicted octanol–water partition coefficient (Wildman–Crippen LogP) is 6.27. The minimum absolute atomic E-state index is 0.339. The number of carbonyl (C=O) groups excluding carboxylic acids is 1. The van der Waals surface area contributed by atoms with E-state index in [1.54, 1.807) is 4.90 Å². The Labute approximate surface area is 164 Å². The van der Waals surface area contributed by atoms with Crippen LogP contribution in [0.15, 0.2) is 78.9 Å². The summed E-state index contributed by atoms with van der Waals surface area (Å²) in [7, 11) is 0. The van der Waals surface area contributed by atoms with E-state index < -0.39 is 5.60 Å². The Morgan fingerprint density at radius 2 is 1.67 bits per heavy atom. The molecule has 4 rings (SSSR count). The second-order valence-corrected chi connectivity index (χ2v) is 7.36. The van der Waals surface area contributed by atoms with Crippen LogP contribution in [0, 0.1) is 0 Å². The molecule has 0 saturated carbocycles. The monoisotopic (exact) mass is 377 g/mol. The van der Waals surface area contributed by atoms with Gasteiger partial charge in [-0.25, -0.2) is 4.79 Å². The van der Waals surface area contributed by atoms with Gasteiger partial charge in [-0.1, -0.05) is 66.2 Å². The first kappa shape index (κ1) is 17.6. The zero-order chi connectivity index (χ0) is 18.9. The summed E-state index contributed by atoms with van der Waals surface area (Å²) in [6.07, 6.45) is 0.350. The summed E-state index contributed by atoms with van der Waals surface area (Å²) in [5.41, 5.74) is 3.28. The fraction of sp³-hybridized carbons (Fsp3) is 0.174. The Kier molecular flexibility index (Phi) is 4.63. The molecule has 0 radical (unpaired) electrons. The van der Waals surface area contributed by atoms with E-state index in [0.717, 1.165) is 22.4 Å². The summed E-state index contributed by atoms with van der Waals surface area (Å²) in [6.45, 7) is 2.52. The van der Waals surface area contributed by atoms with Gasteiger partial charge in [0, 0.05) is 23.7 Å². The smallest absolute Gasteiger partial charge is 0.415 e. The number of nitrogens with zero attached hydrogens (tertiary/aromatic N) is 1. The molecular formula is C23H20ClNO2. The first-order valence-electron chi connectivity index (χ1n) is 8.97. The van der Waals surface area contributed by atoms with Crippen LogP contribution in [0.5, 0.6) is 0 Å². The third-order valence-electron chi connectivity index (χ3n) is 5.05. The average molecular weight is 378 g/mol. The minimum Gasteiger partial charge on any atom is -0.438 e. The molecule has 1 aliphatic rings. The highest BCUT2D eigenvalue weighted by Gasteiger charge is 2.38. The third-order valence-corrected chi connectivity index (χ3v) is 5.28. The van der Waals surface area contributed by atoms with Crippen LogP contribution in [-0.2, 0) is 10.3 Å². The summed E-state index contributed by atoms with van der Waals surface area (Å²) in [4.78, 5) is 14.5. The molecule has 0 N–H and O–H groups in total. The fourth-order valence-electron chi connectivity index (χ4n) is 3.45. The molecule has 3 nitrogen and oxygen atoms in total. The maximum atomic E-state index is 12.8. The van der Waals surface area contributed by atoms with Gasteiger partial charge in [-0.2, -0.15) is 0 Å². The van der Waals surface area contributed by atoms with Crippen molar-refractivity contribution in [1.29, 1.82) is 0 Å².